The van der Waals surface area contributed by atoms with Crippen LogP contribution in [0, 0.1) is 5.92 Å². The molecule has 37 heavy (non-hydrogen) atoms. The molecule has 0 rings (SSSR count). The molecule has 12 heteroatoms. The van der Waals surface area contributed by atoms with Gasteiger partial charge in [-0.05, 0) is 26.3 Å². The van der Waals surface area contributed by atoms with Crippen molar-refractivity contribution in [3.8, 4) is 0 Å². The number of ether oxygens (including phenoxy) is 3. The highest BCUT2D eigenvalue weighted by Gasteiger charge is 2.19. The van der Waals surface area contributed by atoms with Gasteiger partial charge in [0.15, 0.2) is 0 Å². The van der Waals surface area contributed by atoms with Gasteiger partial charge in [-0.1, -0.05) is 58.3 Å². The van der Waals surface area contributed by atoms with Gasteiger partial charge in [0.05, 0.1) is 59.3 Å². The molecule has 0 aliphatic carbocycles. The van der Waals surface area contributed by atoms with E-state index in [-0.39, 0.29) is 25.7 Å². The Morgan fingerprint density at radius 2 is 1.49 bits per heavy atom. The molecule has 0 aliphatic rings. The minimum absolute atomic E-state index is 0.0377. The van der Waals surface area contributed by atoms with Crippen molar-refractivity contribution in [1.29, 1.82) is 0 Å². The zero-order valence-electron chi connectivity index (χ0n) is 23.4. The van der Waals surface area contributed by atoms with Crippen molar-refractivity contribution >= 4 is 16.4 Å². The van der Waals surface area contributed by atoms with E-state index in [2.05, 4.69) is 30.0 Å². The average molecular weight is 560 g/mol. The number of aliphatic hydroxyl groups excluding tert-OH is 1. The van der Waals surface area contributed by atoms with Crippen LogP contribution in [-0.2, 0) is 33.6 Å². The summed E-state index contributed by atoms with van der Waals surface area (Å²) in [6.45, 7) is 8.33. The van der Waals surface area contributed by atoms with E-state index in [0.717, 1.165) is 26.6 Å². The number of hydrogen-bond acceptors (Lipinski definition) is 9. The second-order valence-corrected chi connectivity index (χ2v) is 10.2. The standard InChI is InChI=1S/C24H49NO6.CH4O4S/c1-4-5-6-7-8-9-10-11-12-23(22(2)31-20-19-30-18-15-26)21-25(3)14-17-29-16-13-24(27)28;1-5-6(2,3)4/h22-23,26H,4-21H2,1-3H3,(H,27,28);1H3,(H,2,3,4). The lowest BCUT2D eigenvalue weighted by atomic mass is 9.95. The Balaban J connectivity index is 0. The molecule has 0 saturated heterocycles. The molecule has 2 atom stereocenters. The average Bonchev–Trinajstić information content (AvgIpc) is 2.84. The van der Waals surface area contributed by atoms with Crippen LogP contribution < -0.4 is 0 Å². The highest BCUT2D eigenvalue weighted by molar-refractivity contribution is 7.80. The summed E-state index contributed by atoms with van der Waals surface area (Å²) in [5.41, 5.74) is 0. The van der Waals surface area contributed by atoms with Crippen LogP contribution in [0.3, 0.4) is 0 Å². The Labute approximate surface area is 224 Å². The van der Waals surface area contributed by atoms with Crippen molar-refractivity contribution in [2.75, 3.05) is 66.9 Å². The third-order valence-electron chi connectivity index (χ3n) is 5.77. The van der Waals surface area contributed by atoms with Gasteiger partial charge in [-0.2, -0.15) is 8.42 Å². The molecule has 224 valence electrons. The maximum Gasteiger partial charge on any atom is 0.397 e. The molecule has 0 radical (unpaired) electrons. The number of rotatable bonds is 25. The third kappa shape index (κ3) is 31.3. The fourth-order valence-electron chi connectivity index (χ4n) is 3.58. The predicted octanol–water partition coefficient (Wildman–Crippen LogP) is 3.41. The lowest BCUT2D eigenvalue weighted by molar-refractivity contribution is -0.138. The van der Waals surface area contributed by atoms with Crippen molar-refractivity contribution < 1.29 is 46.4 Å². The van der Waals surface area contributed by atoms with Gasteiger partial charge >= 0.3 is 16.4 Å². The molecule has 0 aromatic rings. The first-order valence-electron chi connectivity index (χ1n) is 13.4. The van der Waals surface area contributed by atoms with Crippen LogP contribution in [0.15, 0.2) is 0 Å². The van der Waals surface area contributed by atoms with E-state index in [1.165, 1.54) is 51.4 Å². The molecule has 0 fully saturated rings. The number of carboxylic acids is 1. The van der Waals surface area contributed by atoms with E-state index in [1.807, 2.05) is 0 Å². The summed E-state index contributed by atoms with van der Waals surface area (Å²) in [4.78, 5) is 12.8. The van der Waals surface area contributed by atoms with Gasteiger partial charge < -0.3 is 29.3 Å². The van der Waals surface area contributed by atoms with Crippen molar-refractivity contribution in [3.63, 3.8) is 0 Å². The quantitative estimate of drug-likeness (QED) is 0.111. The molecule has 0 saturated carbocycles. The Morgan fingerprint density at radius 1 is 0.919 bits per heavy atom. The van der Waals surface area contributed by atoms with Crippen LogP contribution in [0.5, 0.6) is 0 Å². The summed E-state index contributed by atoms with van der Waals surface area (Å²) in [5, 5.41) is 17.5. The van der Waals surface area contributed by atoms with E-state index in [1.54, 1.807) is 0 Å². The van der Waals surface area contributed by atoms with Gasteiger partial charge in [-0.3, -0.25) is 13.5 Å². The molecule has 0 heterocycles. The van der Waals surface area contributed by atoms with Crippen LogP contribution in [0.4, 0.5) is 0 Å². The number of unbranched alkanes of at least 4 members (excludes halogenated alkanes) is 7. The first kappa shape index (κ1) is 38.3. The lowest BCUT2D eigenvalue weighted by Crippen LogP contribution is -2.35. The molecule has 0 bridgehead atoms. The zero-order valence-corrected chi connectivity index (χ0v) is 24.3. The number of carbonyl (C=O) groups is 1. The summed E-state index contributed by atoms with van der Waals surface area (Å²) in [7, 11) is -1.21. The highest BCUT2D eigenvalue weighted by Crippen LogP contribution is 2.19. The molecule has 2 unspecified atom stereocenters. The first-order chi connectivity index (χ1) is 17.6. The van der Waals surface area contributed by atoms with E-state index >= 15 is 0 Å². The van der Waals surface area contributed by atoms with Crippen LogP contribution in [0.1, 0.15) is 78.1 Å². The molecule has 0 aliphatic heterocycles. The SMILES string of the molecule is CCCCCCCCCCC(CN(C)CCOCCC(=O)O)C(C)OCCOCCO.COS(=O)(=O)O. The second kappa shape index (κ2) is 26.7. The fourth-order valence-corrected chi connectivity index (χ4v) is 3.58. The van der Waals surface area contributed by atoms with Crippen LogP contribution in [0.25, 0.3) is 0 Å². The Kier molecular flexibility index (Phi) is 27.7. The van der Waals surface area contributed by atoms with Crippen molar-refractivity contribution in [3.05, 3.63) is 0 Å². The van der Waals surface area contributed by atoms with E-state index in [0.29, 0.717) is 32.3 Å². The van der Waals surface area contributed by atoms with E-state index in [4.69, 9.17) is 29.0 Å². The normalized spacial score (nSPS) is 13.3. The van der Waals surface area contributed by atoms with Crippen LogP contribution in [-0.4, -0.2) is 107 Å². The molecule has 0 aromatic heterocycles. The van der Waals surface area contributed by atoms with E-state index in [9.17, 15) is 13.2 Å². The maximum atomic E-state index is 10.5. The molecular formula is C25H53NO10S. The third-order valence-corrected chi connectivity index (χ3v) is 6.19. The number of aliphatic carboxylic acids is 1. The second-order valence-electron chi connectivity index (χ2n) is 9.05. The molecule has 11 nitrogen and oxygen atoms in total. The monoisotopic (exact) mass is 559 g/mol. The van der Waals surface area contributed by atoms with Gasteiger partial charge in [0.2, 0.25) is 0 Å². The number of nitrogens with zero attached hydrogens (tertiary/aromatic N) is 1. The minimum atomic E-state index is -4.16. The summed E-state index contributed by atoms with van der Waals surface area (Å²) in [5.74, 6) is -0.394. The van der Waals surface area contributed by atoms with Gasteiger partial charge in [0.25, 0.3) is 0 Å². The molecular weight excluding hydrogens is 506 g/mol. The van der Waals surface area contributed by atoms with Crippen LogP contribution in [0.2, 0.25) is 0 Å². The van der Waals surface area contributed by atoms with Gasteiger partial charge in [-0.25, -0.2) is 0 Å². The number of aliphatic hydroxyl groups is 1. The Bertz CT molecular complexity index is 606. The lowest BCUT2D eigenvalue weighted by Gasteiger charge is -2.29. The van der Waals surface area contributed by atoms with Crippen LogP contribution >= 0.6 is 0 Å². The minimum Gasteiger partial charge on any atom is -0.481 e. The number of hydrogen-bond donors (Lipinski definition) is 3. The van der Waals surface area contributed by atoms with Gasteiger partial charge in [0, 0.05) is 13.1 Å². The summed E-state index contributed by atoms with van der Waals surface area (Å²) >= 11 is 0. The van der Waals surface area contributed by atoms with Crippen molar-refractivity contribution in [2.45, 2.75) is 84.2 Å². The molecule has 0 amide bonds. The zero-order chi connectivity index (χ0) is 28.4. The molecule has 0 aromatic carbocycles. The topological polar surface area (TPSA) is 152 Å². The predicted molar refractivity (Wildman–Crippen MR) is 143 cm³/mol. The molecule has 0 spiro atoms. The summed E-state index contributed by atoms with van der Waals surface area (Å²) < 4.78 is 46.4. The smallest absolute Gasteiger partial charge is 0.397 e. The van der Waals surface area contributed by atoms with E-state index < -0.39 is 16.4 Å². The fraction of sp³-hybridized carbons (Fsp3) is 0.960. The molecule has 3 N–H and O–H groups in total. The number of carboxylic acid groups (broad SMARTS) is 1. The first-order valence-corrected chi connectivity index (χ1v) is 14.7. The maximum absolute atomic E-state index is 10.5. The Morgan fingerprint density at radius 3 is 2.03 bits per heavy atom. The Hall–Kier alpha value is -0.860. The van der Waals surface area contributed by atoms with Gasteiger partial charge in [0.1, 0.15) is 0 Å². The van der Waals surface area contributed by atoms with Crippen molar-refractivity contribution in [2.24, 2.45) is 5.92 Å². The summed E-state index contributed by atoms with van der Waals surface area (Å²) in [6, 6.07) is 0. The van der Waals surface area contributed by atoms with Crippen molar-refractivity contribution in [1.82, 2.24) is 4.90 Å². The largest absolute Gasteiger partial charge is 0.481 e. The summed E-state index contributed by atoms with van der Waals surface area (Å²) in [6.07, 6.45) is 11.8. The van der Waals surface area contributed by atoms with Gasteiger partial charge in [-0.15, -0.1) is 0 Å². The number of likely N-dealkylation sites (N-methyl/N-ethyl adjacent to an activating group) is 1. The highest BCUT2D eigenvalue weighted by atomic mass is 32.3.